The molecule has 1 aliphatic rings. The molecule has 1 aromatic heterocycles. The molecule has 0 saturated carbocycles. The van der Waals surface area contributed by atoms with Gasteiger partial charge in [-0.1, -0.05) is 12.1 Å². The van der Waals surface area contributed by atoms with Crippen LogP contribution >= 0.6 is 0 Å². The van der Waals surface area contributed by atoms with Crippen molar-refractivity contribution in [2.24, 2.45) is 13.0 Å². The van der Waals surface area contributed by atoms with Crippen LogP contribution in [0.3, 0.4) is 0 Å². The molecule has 1 saturated heterocycles. The zero-order valence-electron chi connectivity index (χ0n) is 17.4. The number of nitrogens with zero attached hydrogens (tertiary/aromatic N) is 3. The van der Waals surface area contributed by atoms with Crippen molar-refractivity contribution < 1.29 is 22.4 Å². The molecule has 0 aliphatic carbocycles. The van der Waals surface area contributed by atoms with Gasteiger partial charge in [0.1, 0.15) is 10.7 Å². The van der Waals surface area contributed by atoms with Gasteiger partial charge in [-0.25, -0.2) is 12.8 Å². The van der Waals surface area contributed by atoms with E-state index < -0.39 is 26.8 Å². The Labute approximate surface area is 180 Å². The Morgan fingerprint density at radius 1 is 1.26 bits per heavy atom. The molecule has 0 unspecified atom stereocenters. The van der Waals surface area contributed by atoms with E-state index in [1.165, 1.54) is 25.3 Å². The van der Waals surface area contributed by atoms with Crippen LogP contribution in [0.5, 0.6) is 0 Å². The molecule has 0 bridgehead atoms. The number of piperidine rings is 1. The minimum Gasteiger partial charge on any atom is -0.352 e. The second kappa shape index (κ2) is 9.56. The molecule has 0 spiro atoms. The highest BCUT2D eigenvalue weighted by atomic mass is 32.2. The Morgan fingerprint density at radius 3 is 2.55 bits per heavy atom. The van der Waals surface area contributed by atoms with Gasteiger partial charge in [0, 0.05) is 32.9 Å². The van der Waals surface area contributed by atoms with Crippen LogP contribution in [0.2, 0.25) is 0 Å². The molecule has 2 aromatic rings. The summed E-state index contributed by atoms with van der Waals surface area (Å²) in [6, 6.07) is 4.00. The zero-order chi connectivity index (χ0) is 22.6. The van der Waals surface area contributed by atoms with Gasteiger partial charge in [0.2, 0.25) is 15.9 Å². The van der Waals surface area contributed by atoms with Crippen molar-refractivity contribution in [1.82, 2.24) is 24.7 Å². The lowest BCUT2D eigenvalue weighted by molar-refractivity contribution is -0.133. The topological polar surface area (TPSA) is 113 Å². The Kier molecular flexibility index (Phi) is 7.06. The second-order valence-corrected chi connectivity index (χ2v) is 9.34. The average molecular weight is 452 g/mol. The second-order valence-electron chi connectivity index (χ2n) is 7.65. The first-order valence-electron chi connectivity index (χ1n) is 10.00. The third kappa shape index (κ3) is 5.67. The van der Waals surface area contributed by atoms with Crippen molar-refractivity contribution in [2.75, 3.05) is 19.6 Å². The van der Waals surface area contributed by atoms with Gasteiger partial charge in [0.25, 0.3) is 5.91 Å². The summed E-state index contributed by atoms with van der Waals surface area (Å²) in [7, 11) is -2.42. The van der Waals surface area contributed by atoms with Gasteiger partial charge in [0.15, 0.2) is 0 Å². The lowest BCUT2D eigenvalue weighted by Gasteiger charge is -2.33. The van der Waals surface area contributed by atoms with Gasteiger partial charge >= 0.3 is 0 Å². The number of nitrogens with one attached hydrogen (secondary N) is 2. The van der Waals surface area contributed by atoms with E-state index in [-0.39, 0.29) is 17.7 Å². The highest BCUT2D eigenvalue weighted by Crippen LogP contribution is 2.18. The fourth-order valence-electron chi connectivity index (χ4n) is 3.52. The number of aryl methyl sites for hydroxylation is 1. The van der Waals surface area contributed by atoms with Crippen LogP contribution in [0, 0.1) is 11.7 Å². The molecule has 3 rings (SSSR count). The number of carbonyl (C=O) groups is 2. The first-order chi connectivity index (χ1) is 14.7. The number of hydrogen-bond donors (Lipinski definition) is 2. The van der Waals surface area contributed by atoms with E-state index >= 15 is 0 Å². The fraction of sp³-hybridized carbons (Fsp3) is 0.450. The fourth-order valence-corrected chi connectivity index (χ4v) is 4.79. The number of halogens is 1. The lowest BCUT2D eigenvalue weighted by atomic mass is 9.96. The third-order valence-electron chi connectivity index (χ3n) is 5.27. The molecule has 1 aromatic carbocycles. The normalized spacial score (nSPS) is 16.2. The van der Waals surface area contributed by atoms with Crippen LogP contribution in [0.25, 0.3) is 0 Å². The maximum atomic E-state index is 13.8. The summed E-state index contributed by atoms with van der Waals surface area (Å²) in [5, 5.41) is 6.85. The molecular formula is C20H26FN5O4S. The SMILES string of the molecule is C[C@H](NS(=O)(=O)c1ccccc1F)C(=O)N1CCC(CNC(=O)c2cnn(C)c2)CC1. The van der Waals surface area contributed by atoms with Crippen molar-refractivity contribution in [1.29, 1.82) is 0 Å². The van der Waals surface area contributed by atoms with Crippen LogP contribution in [-0.4, -0.2) is 60.6 Å². The van der Waals surface area contributed by atoms with Gasteiger partial charge in [0.05, 0.1) is 17.8 Å². The number of carbonyl (C=O) groups excluding carboxylic acids is 2. The predicted octanol–water partition coefficient (Wildman–Crippen LogP) is 0.895. The first-order valence-corrected chi connectivity index (χ1v) is 11.5. The van der Waals surface area contributed by atoms with Crippen molar-refractivity contribution in [3.05, 3.63) is 48.0 Å². The highest BCUT2D eigenvalue weighted by molar-refractivity contribution is 7.89. The number of amides is 2. The standard InChI is InChI=1S/C20H26FN5O4S/c1-14(24-31(29,30)18-6-4-3-5-17(18)21)20(28)26-9-7-15(8-10-26)11-22-19(27)16-12-23-25(2)13-16/h3-6,12-15,24H,7-11H2,1-2H3,(H,22,27)/t14-/m0/s1. The molecule has 1 aliphatic heterocycles. The summed E-state index contributed by atoms with van der Waals surface area (Å²) in [6.45, 7) is 2.85. The summed E-state index contributed by atoms with van der Waals surface area (Å²) < 4.78 is 42.4. The van der Waals surface area contributed by atoms with Crippen LogP contribution in [0.4, 0.5) is 4.39 Å². The van der Waals surface area contributed by atoms with Crippen LogP contribution in [-0.2, 0) is 21.9 Å². The number of rotatable bonds is 7. The predicted molar refractivity (Wildman–Crippen MR) is 111 cm³/mol. The van der Waals surface area contributed by atoms with Crippen molar-refractivity contribution in [2.45, 2.75) is 30.7 Å². The van der Waals surface area contributed by atoms with Gasteiger partial charge in [-0.05, 0) is 37.8 Å². The first kappa shape index (κ1) is 22.9. The van der Waals surface area contributed by atoms with Crippen LogP contribution in [0.1, 0.15) is 30.1 Å². The summed E-state index contributed by atoms with van der Waals surface area (Å²) >= 11 is 0. The quantitative estimate of drug-likeness (QED) is 0.649. The molecule has 2 heterocycles. The van der Waals surface area contributed by atoms with Gasteiger partial charge in [-0.15, -0.1) is 0 Å². The van der Waals surface area contributed by atoms with Gasteiger partial charge in [-0.2, -0.15) is 9.82 Å². The molecule has 9 nitrogen and oxygen atoms in total. The third-order valence-corrected chi connectivity index (χ3v) is 6.85. The minimum atomic E-state index is -4.15. The lowest BCUT2D eigenvalue weighted by Crippen LogP contribution is -2.50. The zero-order valence-corrected chi connectivity index (χ0v) is 18.2. The Hall–Kier alpha value is -2.79. The summed E-state index contributed by atoms with van der Waals surface area (Å²) in [5.41, 5.74) is 0.492. The van der Waals surface area contributed by atoms with E-state index in [1.54, 1.807) is 22.8 Å². The maximum absolute atomic E-state index is 13.8. The van der Waals surface area contributed by atoms with Gasteiger partial charge < -0.3 is 10.2 Å². The summed E-state index contributed by atoms with van der Waals surface area (Å²) in [4.78, 5) is 25.9. The molecular weight excluding hydrogens is 425 g/mol. The van der Waals surface area contributed by atoms with E-state index in [4.69, 9.17) is 0 Å². The molecule has 168 valence electrons. The number of sulfonamides is 1. The van der Waals surface area contributed by atoms with Crippen molar-refractivity contribution >= 4 is 21.8 Å². The van der Waals surface area contributed by atoms with E-state index in [0.29, 0.717) is 38.0 Å². The number of hydrogen-bond acceptors (Lipinski definition) is 5. The number of benzene rings is 1. The molecule has 1 atom stereocenters. The summed E-state index contributed by atoms with van der Waals surface area (Å²) in [5.74, 6) is -1.21. The molecule has 0 radical (unpaired) electrons. The molecule has 2 N–H and O–H groups in total. The average Bonchev–Trinajstić information content (AvgIpc) is 3.18. The van der Waals surface area contributed by atoms with Crippen molar-refractivity contribution in [3.8, 4) is 0 Å². The Balaban J connectivity index is 1.48. The minimum absolute atomic E-state index is 0.192. The van der Waals surface area contributed by atoms with Crippen LogP contribution < -0.4 is 10.0 Å². The number of likely N-dealkylation sites (tertiary alicyclic amines) is 1. The number of aromatic nitrogens is 2. The smallest absolute Gasteiger partial charge is 0.254 e. The molecule has 1 fully saturated rings. The van der Waals surface area contributed by atoms with E-state index in [9.17, 15) is 22.4 Å². The van der Waals surface area contributed by atoms with Crippen LogP contribution in [0.15, 0.2) is 41.6 Å². The van der Waals surface area contributed by atoms with E-state index in [2.05, 4.69) is 15.1 Å². The molecule has 31 heavy (non-hydrogen) atoms. The molecule has 11 heteroatoms. The molecule has 2 amide bonds. The summed E-state index contributed by atoms with van der Waals surface area (Å²) in [6.07, 6.45) is 4.51. The Morgan fingerprint density at radius 2 is 1.94 bits per heavy atom. The largest absolute Gasteiger partial charge is 0.352 e. The maximum Gasteiger partial charge on any atom is 0.254 e. The van der Waals surface area contributed by atoms with Crippen molar-refractivity contribution in [3.63, 3.8) is 0 Å². The van der Waals surface area contributed by atoms with E-state index in [1.807, 2.05) is 0 Å². The highest BCUT2D eigenvalue weighted by Gasteiger charge is 2.30. The van der Waals surface area contributed by atoms with E-state index in [0.717, 1.165) is 12.1 Å². The Bertz CT molecular complexity index is 1050. The monoisotopic (exact) mass is 451 g/mol. The van der Waals surface area contributed by atoms with Gasteiger partial charge in [-0.3, -0.25) is 14.3 Å².